The van der Waals surface area contributed by atoms with Crippen molar-refractivity contribution in [2.24, 2.45) is 12.2 Å². The maximum absolute atomic E-state index is 12.0. The van der Waals surface area contributed by atoms with Gasteiger partial charge in [-0.25, -0.2) is 4.79 Å². The number of aromatic nitrogens is 2. The summed E-state index contributed by atoms with van der Waals surface area (Å²) in [5.74, 6) is -0.807. The van der Waals surface area contributed by atoms with Crippen molar-refractivity contribution in [1.82, 2.24) is 9.55 Å². The maximum Gasteiger partial charge on any atom is 0.329 e. The van der Waals surface area contributed by atoms with E-state index < -0.39 is 22.8 Å². The van der Waals surface area contributed by atoms with E-state index in [2.05, 4.69) is 10.5 Å². The molecule has 0 radical (unpaired) electrons. The summed E-state index contributed by atoms with van der Waals surface area (Å²) in [4.78, 5) is 47.5. The second-order valence-corrected chi connectivity index (χ2v) is 3.93. The van der Waals surface area contributed by atoms with Gasteiger partial charge in [0.15, 0.2) is 5.82 Å². The molecule has 1 amide bonds. The molecule has 2 N–H and O–H groups in total. The van der Waals surface area contributed by atoms with Gasteiger partial charge in [0, 0.05) is 12.6 Å². The predicted molar refractivity (Wildman–Crippen MR) is 72.2 cm³/mol. The van der Waals surface area contributed by atoms with Crippen LogP contribution in [0.4, 0.5) is 11.5 Å². The number of aromatic amines is 1. The number of hydrogen-bond acceptors (Lipinski definition) is 5. The zero-order valence-electron chi connectivity index (χ0n) is 10.4. The fourth-order valence-electron chi connectivity index (χ4n) is 1.61. The molecule has 0 aliphatic carbocycles. The van der Waals surface area contributed by atoms with Crippen molar-refractivity contribution in [3.8, 4) is 0 Å². The van der Waals surface area contributed by atoms with Crippen LogP contribution in [0.15, 0.2) is 45.1 Å². The van der Waals surface area contributed by atoms with Gasteiger partial charge in [-0.15, -0.1) is 4.91 Å². The van der Waals surface area contributed by atoms with Crippen molar-refractivity contribution in [2.45, 2.75) is 0 Å². The van der Waals surface area contributed by atoms with Gasteiger partial charge in [-0.1, -0.05) is 18.2 Å². The first-order chi connectivity index (χ1) is 9.54. The Morgan fingerprint density at radius 2 is 1.90 bits per heavy atom. The Morgan fingerprint density at radius 1 is 1.25 bits per heavy atom. The van der Waals surface area contributed by atoms with Gasteiger partial charge in [-0.2, -0.15) is 0 Å². The highest BCUT2D eigenvalue weighted by atomic mass is 16.3. The lowest BCUT2D eigenvalue weighted by Crippen LogP contribution is -2.31. The molecule has 2 aromatic rings. The number of hydrogen-bond donors (Lipinski definition) is 2. The molecule has 0 saturated heterocycles. The Labute approximate surface area is 112 Å². The van der Waals surface area contributed by atoms with Crippen molar-refractivity contribution in [3.05, 3.63) is 61.6 Å². The maximum atomic E-state index is 12.0. The molecule has 0 bridgehead atoms. The van der Waals surface area contributed by atoms with E-state index in [0.717, 1.165) is 4.57 Å². The molecule has 0 saturated carbocycles. The zero-order chi connectivity index (χ0) is 14.7. The first kappa shape index (κ1) is 13.4. The molecule has 8 nitrogen and oxygen atoms in total. The fourth-order valence-corrected chi connectivity index (χ4v) is 1.61. The van der Waals surface area contributed by atoms with Crippen LogP contribution in [-0.4, -0.2) is 15.5 Å². The first-order valence-electron chi connectivity index (χ1n) is 5.57. The molecule has 0 unspecified atom stereocenters. The molecular formula is C12H10N4O4. The fraction of sp³-hybridized carbons (Fsp3) is 0.0833. The molecule has 0 aliphatic rings. The van der Waals surface area contributed by atoms with Crippen LogP contribution in [-0.2, 0) is 7.05 Å². The van der Waals surface area contributed by atoms with E-state index in [1.165, 1.54) is 7.05 Å². The third-order valence-corrected chi connectivity index (χ3v) is 2.66. The van der Waals surface area contributed by atoms with Crippen molar-refractivity contribution in [3.63, 3.8) is 0 Å². The Morgan fingerprint density at radius 3 is 2.50 bits per heavy atom. The summed E-state index contributed by atoms with van der Waals surface area (Å²) in [6, 6.07) is 8.15. The number of anilines is 1. The topological polar surface area (TPSA) is 113 Å². The van der Waals surface area contributed by atoms with E-state index in [-0.39, 0.29) is 5.82 Å². The Hall–Kier alpha value is -3.03. The van der Waals surface area contributed by atoms with Gasteiger partial charge in [-0.3, -0.25) is 19.1 Å². The number of nitroso groups, excluding NO2 is 1. The largest absolute Gasteiger partial charge is 0.329 e. The molecule has 8 heteroatoms. The molecule has 0 atom stereocenters. The third-order valence-electron chi connectivity index (χ3n) is 2.66. The highest BCUT2D eigenvalue weighted by Crippen LogP contribution is 2.17. The number of nitrogens with zero attached hydrogens (tertiary/aromatic N) is 2. The summed E-state index contributed by atoms with van der Waals surface area (Å²) in [6.07, 6.45) is 0. The second-order valence-electron chi connectivity index (χ2n) is 3.93. The van der Waals surface area contributed by atoms with Crippen LogP contribution >= 0.6 is 0 Å². The first-order valence-corrected chi connectivity index (χ1v) is 5.57. The predicted octanol–water partition coefficient (Wildman–Crippen LogP) is 0.724. The van der Waals surface area contributed by atoms with Crippen LogP contribution in [0.25, 0.3) is 0 Å². The molecule has 1 aromatic heterocycles. The molecule has 0 fully saturated rings. The number of rotatable bonds is 3. The SMILES string of the molecule is Cn1c(NC(=O)c2ccccc2)c(N=O)c(=O)[nH]c1=O. The minimum Gasteiger partial charge on any atom is -0.306 e. The van der Waals surface area contributed by atoms with Gasteiger partial charge in [0.1, 0.15) is 0 Å². The number of nitrogens with one attached hydrogen (secondary N) is 2. The summed E-state index contributed by atoms with van der Waals surface area (Å²) in [5, 5.41) is 4.89. The van der Waals surface area contributed by atoms with Gasteiger partial charge in [0.25, 0.3) is 11.5 Å². The minimum atomic E-state index is -0.952. The molecule has 1 heterocycles. The van der Waals surface area contributed by atoms with Crippen LogP contribution in [0, 0.1) is 4.91 Å². The van der Waals surface area contributed by atoms with Crippen LogP contribution < -0.4 is 16.6 Å². The van der Waals surface area contributed by atoms with E-state index in [9.17, 15) is 19.3 Å². The molecule has 0 spiro atoms. The lowest BCUT2D eigenvalue weighted by molar-refractivity contribution is 0.102. The molecule has 102 valence electrons. The molecule has 1 aromatic carbocycles. The Bertz CT molecular complexity index is 776. The monoisotopic (exact) mass is 274 g/mol. The molecular weight excluding hydrogens is 264 g/mol. The van der Waals surface area contributed by atoms with E-state index in [0.29, 0.717) is 5.56 Å². The summed E-state index contributed by atoms with van der Waals surface area (Å²) in [7, 11) is 1.30. The number of benzene rings is 1. The lowest BCUT2D eigenvalue weighted by Gasteiger charge is -2.10. The van der Waals surface area contributed by atoms with E-state index in [1.54, 1.807) is 30.3 Å². The minimum absolute atomic E-state index is 0.248. The van der Waals surface area contributed by atoms with Crippen LogP contribution in [0.2, 0.25) is 0 Å². The van der Waals surface area contributed by atoms with Crippen LogP contribution in [0.3, 0.4) is 0 Å². The smallest absolute Gasteiger partial charge is 0.306 e. The molecule has 20 heavy (non-hydrogen) atoms. The highest BCUT2D eigenvalue weighted by Gasteiger charge is 2.16. The normalized spacial score (nSPS) is 10.1. The van der Waals surface area contributed by atoms with Crippen molar-refractivity contribution >= 4 is 17.4 Å². The number of carbonyl (C=O) groups is 1. The second kappa shape index (κ2) is 5.31. The summed E-state index contributed by atoms with van der Waals surface area (Å²) in [5.41, 5.74) is -1.95. The third kappa shape index (κ3) is 2.39. The standard InChI is InChI=1S/C12H10N4O4/c1-16-9(8(15-20)11(18)14-12(16)19)13-10(17)7-5-3-2-4-6-7/h2-6H,1H3,(H,13,17)(H,14,18,19). The van der Waals surface area contributed by atoms with Crippen LogP contribution in [0.1, 0.15) is 10.4 Å². The Balaban J connectivity index is 2.49. The van der Waals surface area contributed by atoms with E-state index >= 15 is 0 Å². The number of H-pyrrole nitrogens is 1. The summed E-state index contributed by atoms with van der Waals surface area (Å²) >= 11 is 0. The van der Waals surface area contributed by atoms with Gasteiger partial charge in [-0.05, 0) is 17.3 Å². The van der Waals surface area contributed by atoms with Gasteiger partial charge >= 0.3 is 5.69 Å². The quantitative estimate of drug-likeness (QED) is 0.803. The van der Waals surface area contributed by atoms with E-state index in [1.807, 2.05) is 4.98 Å². The van der Waals surface area contributed by atoms with Crippen LogP contribution in [0.5, 0.6) is 0 Å². The highest BCUT2D eigenvalue weighted by molar-refractivity contribution is 6.04. The number of carbonyl (C=O) groups excluding carboxylic acids is 1. The number of amides is 1. The molecule has 2 rings (SSSR count). The average Bonchev–Trinajstić information content (AvgIpc) is 2.45. The van der Waals surface area contributed by atoms with Crippen molar-refractivity contribution < 1.29 is 4.79 Å². The summed E-state index contributed by atoms with van der Waals surface area (Å²) < 4.78 is 0.930. The average molecular weight is 274 g/mol. The van der Waals surface area contributed by atoms with Gasteiger partial charge in [0.05, 0.1) is 0 Å². The van der Waals surface area contributed by atoms with E-state index in [4.69, 9.17) is 0 Å². The van der Waals surface area contributed by atoms with Crippen molar-refractivity contribution in [1.29, 1.82) is 0 Å². The Kier molecular flexibility index (Phi) is 3.56. The molecule has 0 aliphatic heterocycles. The van der Waals surface area contributed by atoms with Gasteiger partial charge in [0.2, 0.25) is 5.69 Å². The van der Waals surface area contributed by atoms with Gasteiger partial charge < -0.3 is 5.32 Å². The lowest BCUT2D eigenvalue weighted by atomic mass is 10.2. The zero-order valence-corrected chi connectivity index (χ0v) is 10.4. The summed E-state index contributed by atoms with van der Waals surface area (Å²) in [6.45, 7) is 0. The van der Waals surface area contributed by atoms with Crippen molar-refractivity contribution in [2.75, 3.05) is 5.32 Å².